The molecule has 0 unspecified atom stereocenters. The summed E-state index contributed by atoms with van der Waals surface area (Å²) in [4.78, 5) is 11.4. The van der Waals surface area contributed by atoms with Crippen LogP contribution in [-0.2, 0) is 19.0 Å². The summed E-state index contributed by atoms with van der Waals surface area (Å²) in [5.41, 5.74) is 0. The Kier molecular flexibility index (Phi) is 7.60. The Hall–Kier alpha value is -0.770. The third kappa shape index (κ3) is 5.12. The average Bonchev–Trinajstić information content (AvgIpc) is 3.39. The van der Waals surface area contributed by atoms with E-state index in [4.69, 9.17) is 14.2 Å². The van der Waals surface area contributed by atoms with E-state index in [-0.39, 0.29) is 18.0 Å². The molecular weight excluding hydrogens is 332 g/mol. The molecule has 2 fully saturated rings. The molecule has 0 aromatic rings. The van der Waals surface area contributed by atoms with Gasteiger partial charge in [-0.1, -0.05) is 13.3 Å². The molecule has 4 N–H and O–H groups in total. The van der Waals surface area contributed by atoms with E-state index in [1.54, 1.807) is 0 Å². The molecule has 1 saturated carbocycles. The molecule has 0 radical (unpaired) electrons. The van der Waals surface area contributed by atoms with Gasteiger partial charge in [0.05, 0.1) is 25.7 Å². The zero-order valence-corrected chi connectivity index (χ0v) is 14.8. The van der Waals surface area contributed by atoms with Gasteiger partial charge in [-0.15, -0.1) is 0 Å². The number of aliphatic hydroxyl groups is 4. The second-order valence-electron chi connectivity index (χ2n) is 6.92. The molecule has 2 rings (SSSR count). The summed E-state index contributed by atoms with van der Waals surface area (Å²) in [6.45, 7) is 1.47. The molecule has 146 valence electrons. The second kappa shape index (κ2) is 9.25. The predicted octanol–water partition coefficient (Wildman–Crippen LogP) is -0.439. The Labute approximate surface area is 147 Å². The van der Waals surface area contributed by atoms with E-state index in [1.165, 1.54) is 7.11 Å². The fourth-order valence-electron chi connectivity index (χ4n) is 3.35. The lowest BCUT2D eigenvalue weighted by Crippen LogP contribution is -2.59. The number of carbonyl (C=O) groups is 1. The fraction of sp³-hybridized carbons (Fsp3) is 0.941. The van der Waals surface area contributed by atoms with E-state index < -0.39 is 37.3 Å². The van der Waals surface area contributed by atoms with Gasteiger partial charge in [0.15, 0.2) is 6.29 Å². The van der Waals surface area contributed by atoms with Gasteiger partial charge in [0, 0.05) is 0 Å². The first kappa shape index (κ1) is 20.5. The van der Waals surface area contributed by atoms with Crippen LogP contribution in [0.4, 0.5) is 0 Å². The topological polar surface area (TPSA) is 126 Å². The Morgan fingerprint density at radius 3 is 2.56 bits per heavy atom. The van der Waals surface area contributed by atoms with Gasteiger partial charge in [-0.05, 0) is 31.6 Å². The molecule has 8 nitrogen and oxygen atoms in total. The second-order valence-corrected chi connectivity index (χ2v) is 6.92. The van der Waals surface area contributed by atoms with Crippen LogP contribution in [0, 0.1) is 11.8 Å². The smallest absolute Gasteiger partial charge is 0.308 e. The van der Waals surface area contributed by atoms with Crippen molar-refractivity contribution in [3.63, 3.8) is 0 Å². The van der Waals surface area contributed by atoms with E-state index in [0.29, 0.717) is 12.3 Å². The van der Waals surface area contributed by atoms with Crippen LogP contribution >= 0.6 is 0 Å². The summed E-state index contributed by atoms with van der Waals surface area (Å²) in [6, 6.07) is 0. The lowest BCUT2D eigenvalue weighted by Gasteiger charge is -2.40. The number of esters is 1. The molecule has 0 aromatic heterocycles. The molecule has 0 spiro atoms. The summed E-state index contributed by atoms with van der Waals surface area (Å²) >= 11 is 0. The van der Waals surface area contributed by atoms with Gasteiger partial charge in [-0.3, -0.25) is 4.79 Å². The molecule has 1 aliphatic heterocycles. The van der Waals surface area contributed by atoms with Crippen LogP contribution < -0.4 is 0 Å². The van der Waals surface area contributed by atoms with Gasteiger partial charge in [0.1, 0.15) is 24.4 Å². The highest BCUT2D eigenvalue weighted by atomic mass is 16.7. The van der Waals surface area contributed by atoms with Crippen LogP contribution in [0.2, 0.25) is 0 Å². The number of methoxy groups -OCH3 is 1. The Balaban J connectivity index is 1.76. The first-order valence-corrected chi connectivity index (χ1v) is 8.96. The van der Waals surface area contributed by atoms with Crippen molar-refractivity contribution in [1.82, 2.24) is 0 Å². The van der Waals surface area contributed by atoms with Crippen LogP contribution in [0.1, 0.15) is 39.0 Å². The highest BCUT2D eigenvalue weighted by molar-refractivity contribution is 5.75. The zero-order chi connectivity index (χ0) is 18.6. The molecular formula is C17H30O8. The lowest BCUT2D eigenvalue weighted by atomic mass is 9.99. The van der Waals surface area contributed by atoms with Gasteiger partial charge < -0.3 is 34.6 Å². The number of ether oxygens (including phenoxy) is 3. The van der Waals surface area contributed by atoms with E-state index in [1.807, 2.05) is 6.92 Å². The highest BCUT2D eigenvalue weighted by Crippen LogP contribution is 2.43. The minimum Gasteiger partial charge on any atom is -0.469 e. The fourth-order valence-corrected chi connectivity index (χ4v) is 3.35. The third-order valence-electron chi connectivity index (χ3n) is 5.16. The van der Waals surface area contributed by atoms with Gasteiger partial charge in [-0.2, -0.15) is 0 Å². The van der Waals surface area contributed by atoms with Crippen molar-refractivity contribution < 1.29 is 39.4 Å². The first-order valence-electron chi connectivity index (χ1n) is 8.96. The van der Waals surface area contributed by atoms with Crippen molar-refractivity contribution in [1.29, 1.82) is 0 Å². The normalized spacial score (nSPS) is 39.0. The summed E-state index contributed by atoms with van der Waals surface area (Å²) in [5.74, 6) is 0.253. The first-order chi connectivity index (χ1) is 11.9. The highest BCUT2D eigenvalue weighted by Gasteiger charge is 2.45. The summed E-state index contributed by atoms with van der Waals surface area (Å²) < 4.78 is 15.9. The quantitative estimate of drug-likeness (QED) is 0.407. The van der Waals surface area contributed by atoms with Crippen molar-refractivity contribution in [3.05, 3.63) is 0 Å². The maximum Gasteiger partial charge on any atom is 0.308 e. The maximum atomic E-state index is 11.4. The van der Waals surface area contributed by atoms with Crippen LogP contribution in [0.3, 0.4) is 0 Å². The number of hydrogen-bond donors (Lipinski definition) is 4. The van der Waals surface area contributed by atoms with Crippen molar-refractivity contribution in [2.75, 3.05) is 13.7 Å². The van der Waals surface area contributed by atoms with E-state index >= 15 is 0 Å². The molecule has 8 atom stereocenters. The number of hydrogen-bond acceptors (Lipinski definition) is 8. The molecule has 2 aliphatic rings. The van der Waals surface area contributed by atoms with Crippen LogP contribution in [0.15, 0.2) is 0 Å². The van der Waals surface area contributed by atoms with Crippen LogP contribution in [-0.4, -0.2) is 76.9 Å². The molecule has 0 amide bonds. The van der Waals surface area contributed by atoms with Crippen molar-refractivity contribution in [3.8, 4) is 0 Å². The van der Waals surface area contributed by atoms with Gasteiger partial charge in [0.25, 0.3) is 0 Å². The third-order valence-corrected chi connectivity index (χ3v) is 5.16. The Bertz CT molecular complexity index is 429. The van der Waals surface area contributed by atoms with Crippen molar-refractivity contribution in [2.45, 2.75) is 75.8 Å². The van der Waals surface area contributed by atoms with Crippen LogP contribution in [0.5, 0.6) is 0 Å². The average molecular weight is 362 g/mol. The van der Waals surface area contributed by atoms with Crippen molar-refractivity contribution >= 4 is 5.97 Å². The SMILES string of the molecule is CC[C@H](CCC[C@@H]1C[C@@H]1C(=O)OC)O[C@@H]1O[C@H](CO)[C@@H](O)[C@H](O)[C@H]1O. The monoisotopic (exact) mass is 362 g/mol. The van der Waals surface area contributed by atoms with Crippen molar-refractivity contribution in [2.24, 2.45) is 11.8 Å². The molecule has 25 heavy (non-hydrogen) atoms. The Morgan fingerprint density at radius 2 is 1.96 bits per heavy atom. The van der Waals surface area contributed by atoms with Gasteiger partial charge in [0.2, 0.25) is 0 Å². The maximum absolute atomic E-state index is 11.4. The zero-order valence-electron chi connectivity index (χ0n) is 14.8. The van der Waals surface area contributed by atoms with Gasteiger partial charge >= 0.3 is 5.97 Å². The molecule has 0 aromatic carbocycles. The predicted molar refractivity (Wildman–Crippen MR) is 86.4 cm³/mol. The number of aliphatic hydroxyl groups excluding tert-OH is 4. The molecule has 1 aliphatic carbocycles. The lowest BCUT2D eigenvalue weighted by molar-refractivity contribution is -0.311. The minimum absolute atomic E-state index is 0.0245. The molecule has 0 bridgehead atoms. The van der Waals surface area contributed by atoms with E-state index in [9.17, 15) is 25.2 Å². The summed E-state index contributed by atoms with van der Waals surface area (Å²) in [6.07, 6.45) is -2.35. The molecule has 8 heteroatoms. The van der Waals surface area contributed by atoms with Crippen LogP contribution in [0.25, 0.3) is 0 Å². The largest absolute Gasteiger partial charge is 0.469 e. The minimum atomic E-state index is -1.43. The molecule has 1 saturated heterocycles. The standard InChI is InChI=1S/C17H30O8/c1-3-10(6-4-5-9-7-11(9)16(22)23-2)24-17-15(21)14(20)13(19)12(8-18)25-17/h9-15,17-21H,3-8H2,1-2H3/t9-,10-,11+,12-,13-,14+,15-,17-/m1/s1. The number of carbonyl (C=O) groups excluding carboxylic acids is 1. The van der Waals surface area contributed by atoms with E-state index in [2.05, 4.69) is 0 Å². The summed E-state index contributed by atoms with van der Waals surface area (Å²) in [5, 5.41) is 38.8. The summed E-state index contributed by atoms with van der Waals surface area (Å²) in [7, 11) is 1.40. The van der Waals surface area contributed by atoms with Gasteiger partial charge in [-0.25, -0.2) is 0 Å². The van der Waals surface area contributed by atoms with E-state index in [0.717, 1.165) is 25.7 Å². The Morgan fingerprint density at radius 1 is 1.24 bits per heavy atom. The number of rotatable bonds is 9. The molecule has 1 heterocycles.